The number of anilines is 4. The minimum Gasteiger partial charge on any atom is -0.493 e. The van der Waals surface area contributed by atoms with E-state index >= 15 is 0 Å². The molecule has 2 N–H and O–H groups in total. The Kier molecular flexibility index (Phi) is 5.29. The first-order chi connectivity index (χ1) is 14.6. The fourth-order valence-corrected chi connectivity index (χ4v) is 2.96. The second-order valence-electron chi connectivity index (χ2n) is 6.09. The Morgan fingerprint density at radius 2 is 1.73 bits per heavy atom. The maximum absolute atomic E-state index is 14.3. The van der Waals surface area contributed by atoms with Crippen molar-refractivity contribution in [3.63, 3.8) is 0 Å². The van der Waals surface area contributed by atoms with Gasteiger partial charge in [-0.1, -0.05) is 0 Å². The summed E-state index contributed by atoms with van der Waals surface area (Å²) in [5.41, 5.74) is 0.757. The molecule has 0 spiro atoms. The van der Waals surface area contributed by atoms with Gasteiger partial charge in [0.05, 0.1) is 21.3 Å². The Labute approximate surface area is 171 Å². The van der Waals surface area contributed by atoms with Gasteiger partial charge in [0.1, 0.15) is 11.5 Å². The number of nitrogens with one attached hydrogen (secondary N) is 2. The molecule has 0 fully saturated rings. The standard InChI is InChI=1S/C20H19FN4O5/c1-26-14-8-11(9-15(27-2)18(14)28-3)23-20-22-7-6-16(25-20)24-17-12(21)4-5-13-19(17)30-10-29-13/h4-9H,10H2,1-3H3,(H2,22,23,24,25). The minimum absolute atomic E-state index is 0.0329. The number of hydrogen-bond acceptors (Lipinski definition) is 9. The van der Waals surface area contributed by atoms with E-state index in [1.54, 1.807) is 18.2 Å². The van der Waals surface area contributed by atoms with Gasteiger partial charge in [0.2, 0.25) is 18.5 Å². The van der Waals surface area contributed by atoms with Crippen LogP contribution in [0.5, 0.6) is 28.7 Å². The highest BCUT2D eigenvalue weighted by atomic mass is 19.1. The molecule has 0 aliphatic carbocycles. The molecular weight excluding hydrogens is 395 g/mol. The summed E-state index contributed by atoms with van der Waals surface area (Å²) < 4.78 is 41.0. The predicted octanol–water partition coefficient (Wildman–Crippen LogP) is 3.86. The molecule has 9 nitrogen and oxygen atoms in total. The van der Waals surface area contributed by atoms with Crippen molar-refractivity contribution < 1.29 is 28.1 Å². The molecule has 0 amide bonds. The van der Waals surface area contributed by atoms with Crippen molar-refractivity contribution in [3.8, 4) is 28.7 Å². The third kappa shape index (κ3) is 3.66. The molecule has 156 valence electrons. The molecule has 0 unspecified atom stereocenters. The maximum Gasteiger partial charge on any atom is 0.231 e. The average molecular weight is 414 g/mol. The van der Waals surface area contributed by atoms with E-state index < -0.39 is 5.82 Å². The molecule has 0 saturated heterocycles. The summed E-state index contributed by atoms with van der Waals surface area (Å²) in [4.78, 5) is 8.57. The van der Waals surface area contributed by atoms with E-state index in [-0.39, 0.29) is 18.4 Å². The minimum atomic E-state index is -0.489. The summed E-state index contributed by atoms with van der Waals surface area (Å²) in [5.74, 6) is 2.34. The van der Waals surface area contributed by atoms with Crippen molar-refractivity contribution in [2.75, 3.05) is 38.8 Å². The number of methoxy groups -OCH3 is 3. The fourth-order valence-electron chi connectivity index (χ4n) is 2.96. The largest absolute Gasteiger partial charge is 0.493 e. The lowest BCUT2D eigenvalue weighted by atomic mass is 10.2. The number of aromatic nitrogens is 2. The van der Waals surface area contributed by atoms with Gasteiger partial charge in [0.15, 0.2) is 28.8 Å². The second-order valence-corrected chi connectivity index (χ2v) is 6.09. The van der Waals surface area contributed by atoms with Gasteiger partial charge in [0, 0.05) is 24.0 Å². The first-order valence-corrected chi connectivity index (χ1v) is 8.88. The molecule has 3 aromatic rings. The summed E-state index contributed by atoms with van der Waals surface area (Å²) in [7, 11) is 4.58. The summed E-state index contributed by atoms with van der Waals surface area (Å²) in [6.45, 7) is 0.0329. The van der Waals surface area contributed by atoms with E-state index in [2.05, 4.69) is 20.6 Å². The Hall–Kier alpha value is -3.95. The van der Waals surface area contributed by atoms with Crippen molar-refractivity contribution >= 4 is 23.1 Å². The molecule has 0 saturated carbocycles. The monoisotopic (exact) mass is 414 g/mol. The van der Waals surface area contributed by atoms with E-state index in [0.717, 1.165) is 0 Å². The smallest absolute Gasteiger partial charge is 0.231 e. The molecular formula is C20H19FN4O5. The van der Waals surface area contributed by atoms with Gasteiger partial charge < -0.3 is 34.3 Å². The number of halogens is 1. The Balaban J connectivity index is 1.60. The summed E-state index contributed by atoms with van der Waals surface area (Å²) in [6, 6.07) is 7.86. The van der Waals surface area contributed by atoms with Crippen LogP contribution in [-0.4, -0.2) is 38.1 Å². The van der Waals surface area contributed by atoms with Gasteiger partial charge in [-0.25, -0.2) is 9.37 Å². The van der Waals surface area contributed by atoms with E-state index in [1.165, 1.54) is 39.7 Å². The van der Waals surface area contributed by atoms with Crippen molar-refractivity contribution in [3.05, 3.63) is 42.3 Å². The zero-order valence-electron chi connectivity index (χ0n) is 16.5. The summed E-state index contributed by atoms with van der Waals surface area (Å²) in [5, 5.41) is 5.99. The van der Waals surface area contributed by atoms with Gasteiger partial charge in [-0.05, 0) is 18.2 Å². The van der Waals surface area contributed by atoms with E-state index in [4.69, 9.17) is 23.7 Å². The highest BCUT2D eigenvalue weighted by Crippen LogP contribution is 2.42. The van der Waals surface area contributed by atoms with Gasteiger partial charge in [-0.3, -0.25) is 0 Å². The third-order valence-corrected chi connectivity index (χ3v) is 4.32. The molecule has 4 rings (SSSR count). The van der Waals surface area contributed by atoms with Crippen LogP contribution in [0.15, 0.2) is 36.5 Å². The van der Waals surface area contributed by atoms with Crippen molar-refractivity contribution in [2.24, 2.45) is 0 Å². The number of ether oxygens (including phenoxy) is 5. The van der Waals surface area contributed by atoms with Crippen molar-refractivity contribution in [1.29, 1.82) is 0 Å². The van der Waals surface area contributed by atoms with E-state index in [1.807, 2.05) is 0 Å². The van der Waals surface area contributed by atoms with E-state index in [0.29, 0.717) is 40.3 Å². The third-order valence-electron chi connectivity index (χ3n) is 4.32. The molecule has 1 aliphatic rings. The number of fused-ring (bicyclic) bond motifs is 1. The number of rotatable bonds is 7. The van der Waals surface area contributed by atoms with Gasteiger partial charge in [-0.2, -0.15) is 4.98 Å². The van der Waals surface area contributed by atoms with Crippen LogP contribution in [-0.2, 0) is 0 Å². The van der Waals surface area contributed by atoms with Gasteiger partial charge >= 0.3 is 0 Å². The quantitative estimate of drug-likeness (QED) is 0.597. The number of hydrogen-bond donors (Lipinski definition) is 2. The highest BCUT2D eigenvalue weighted by Gasteiger charge is 2.22. The van der Waals surface area contributed by atoms with Crippen LogP contribution in [0.3, 0.4) is 0 Å². The van der Waals surface area contributed by atoms with E-state index in [9.17, 15) is 4.39 Å². The molecule has 0 atom stereocenters. The molecule has 1 aromatic heterocycles. The topological polar surface area (TPSA) is 96.0 Å². The molecule has 2 heterocycles. The number of nitrogens with zero attached hydrogens (tertiary/aromatic N) is 2. The zero-order chi connectivity index (χ0) is 21.1. The average Bonchev–Trinajstić information content (AvgIpc) is 3.24. The van der Waals surface area contributed by atoms with Crippen LogP contribution >= 0.6 is 0 Å². The van der Waals surface area contributed by atoms with Crippen LogP contribution in [0, 0.1) is 5.82 Å². The normalized spacial score (nSPS) is 11.7. The van der Waals surface area contributed by atoms with Crippen LogP contribution in [0.25, 0.3) is 0 Å². The Morgan fingerprint density at radius 1 is 0.967 bits per heavy atom. The second kappa shape index (κ2) is 8.19. The Morgan fingerprint density at radius 3 is 2.43 bits per heavy atom. The molecule has 10 heteroatoms. The molecule has 0 radical (unpaired) electrons. The predicted molar refractivity (Wildman–Crippen MR) is 107 cm³/mol. The molecule has 1 aliphatic heterocycles. The van der Waals surface area contributed by atoms with Gasteiger partial charge in [0.25, 0.3) is 0 Å². The molecule has 2 aromatic carbocycles. The van der Waals surface area contributed by atoms with Crippen LogP contribution in [0.1, 0.15) is 0 Å². The van der Waals surface area contributed by atoms with Crippen molar-refractivity contribution in [2.45, 2.75) is 0 Å². The summed E-state index contributed by atoms with van der Waals surface area (Å²) >= 11 is 0. The molecule has 0 bridgehead atoms. The first kappa shape index (κ1) is 19.4. The number of benzene rings is 2. The van der Waals surface area contributed by atoms with Crippen LogP contribution in [0.2, 0.25) is 0 Å². The SMILES string of the molecule is COc1cc(Nc2nccc(Nc3c(F)ccc4c3OCO4)n2)cc(OC)c1OC. The lowest BCUT2D eigenvalue weighted by molar-refractivity contribution is 0.174. The highest BCUT2D eigenvalue weighted by molar-refractivity contribution is 5.71. The molecule has 30 heavy (non-hydrogen) atoms. The lowest BCUT2D eigenvalue weighted by Gasteiger charge is -2.15. The van der Waals surface area contributed by atoms with Gasteiger partial charge in [-0.15, -0.1) is 0 Å². The zero-order valence-corrected chi connectivity index (χ0v) is 16.5. The van der Waals surface area contributed by atoms with Crippen LogP contribution in [0.4, 0.5) is 27.5 Å². The van der Waals surface area contributed by atoms with Crippen LogP contribution < -0.4 is 34.3 Å². The van der Waals surface area contributed by atoms with Crippen molar-refractivity contribution in [1.82, 2.24) is 9.97 Å². The Bertz CT molecular complexity index is 1050. The summed E-state index contributed by atoms with van der Waals surface area (Å²) in [6.07, 6.45) is 1.54. The first-order valence-electron chi connectivity index (χ1n) is 8.88. The maximum atomic E-state index is 14.3. The fraction of sp³-hybridized carbons (Fsp3) is 0.200. The lowest BCUT2D eigenvalue weighted by Crippen LogP contribution is -2.03.